The van der Waals surface area contributed by atoms with Crippen LogP contribution in [0.1, 0.15) is 128 Å². The van der Waals surface area contributed by atoms with E-state index in [0.29, 0.717) is 53.4 Å². The van der Waals surface area contributed by atoms with E-state index in [0.717, 1.165) is 112 Å². The van der Waals surface area contributed by atoms with Crippen LogP contribution in [0.25, 0.3) is 33.8 Å². The number of alkyl halides is 9. The quantitative estimate of drug-likeness (QED) is 0.108. The number of hydrogen-bond acceptors (Lipinski definition) is 10. The van der Waals surface area contributed by atoms with Crippen molar-refractivity contribution in [3.05, 3.63) is 245 Å². The number of pyridine rings is 5. The van der Waals surface area contributed by atoms with Gasteiger partial charge in [0.15, 0.2) is 0 Å². The highest BCUT2D eigenvalue weighted by Gasteiger charge is 2.52. The van der Waals surface area contributed by atoms with E-state index in [-0.39, 0.29) is 94.0 Å². The van der Waals surface area contributed by atoms with E-state index >= 15 is 0 Å². The molecule has 24 heteroatoms. The molecule has 6 bridgehead atoms. The number of fused-ring (bicyclic) bond motifs is 6. The molecule has 0 spiro atoms. The Morgan fingerprint density at radius 2 is 0.737 bits per heavy atom. The molecule has 0 N–H and O–H groups in total. The Balaban J connectivity index is 0.000000133. The van der Waals surface area contributed by atoms with Crippen LogP contribution in [0.5, 0.6) is 0 Å². The van der Waals surface area contributed by atoms with E-state index in [1.807, 2.05) is 58.0 Å². The normalized spacial score (nSPS) is 22.1. The lowest BCUT2D eigenvalue weighted by molar-refractivity contribution is -0.138. The topological polar surface area (TPSA) is 151 Å². The second-order valence-electron chi connectivity index (χ2n) is 26.1. The zero-order valence-electron chi connectivity index (χ0n) is 53.3. The number of aromatic nitrogens is 7. The van der Waals surface area contributed by atoms with E-state index in [4.69, 9.17) is 0 Å². The number of aryl methyl sites for hydroxylation is 1. The van der Waals surface area contributed by atoms with E-state index in [1.165, 1.54) is 36.4 Å². The summed E-state index contributed by atoms with van der Waals surface area (Å²) in [5.74, 6) is -0.829. The maximum absolute atomic E-state index is 14.8. The molecule has 3 aromatic carbocycles. The van der Waals surface area contributed by atoms with E-state index in [9.17, 15) is 62.7 Å². The van der Waals surface area contributed by atoms with Gasteiger partial charge in [0.05, 0.1) is 44.9 Å². The fourth-order valence-corrected chi connectivity index (χ4v) is 15.8. The molecule has 6 aliphatic rings. The number of carbonyl (C=O) groups is 3. The number of rotatable bonds is 12. The highest BCUT2D eigenvalue weighted by Crippen LogP contribution is 2.48. The molecule has 6 fully saturated rings. The average molecular weight is 1360 g/mol. The van der Waals surface area contributed by atoms with Crippen molar-refractivity contribution in [2.24, 2.45) is 17.8 Å². The highest BCUT2D eigenvalue weighted by molar-refractivity contribution is 6.03. The van der Waals surface area contributed by atoms with E-state index in [1.54, 1.807) is 67.1 Å². The third-order valence-electron chi connectivity index (χ3n) is 20.2. The van der Waals surface area contributed by atoms with Gasteiger partial charge < -0.3 is 14.7 Å². The minimum atomic E-state index is -4.48. The first kappa shape index (κ1) is 67.7. The summed E-state index contributed by atoms with van der Waals surface area (Å²) in [6, 6.07) is 35.7. The van der Waals surface area contributed by atoms with Crippen molar-refractivity contribution < 1.29 is 62.7 Å². The molecule has 510 valence electrons. The summed E-state index contributed by atoms with van der Waals surface area (Å²) in [7, 11) is 0. The van der Waals surface area contributed by atoms with Crippen LogP contribution in [0.4, 0.5) is 48.3 Å². The van der Waals surface area contributed by atoms with Gasteiger partial charge in [-0.25, -0.2) is 18.7 Å². The average Bonchev–Trinajstić information content (AvgIpc) is 1.64. The molecule has 13 nitrogen and oxygen atoms in total. The monoisotopic (exact) mass is 1360 g/mol. The molecule has 15 rings (SSSR count). The first-order valence-corrected chi connectivity index (χ1v) is 32.8. The summed E-state index contributed by atoms with van der Waals surface area (Å²) >= 11 is 0. The van der Waals surface area contributed by atoms with Crippen molar-refractivity contribution in [3.63, 3.8) is 0 Å². The zero-order chi connectivity index (χ0) is 69.5. The third kappa shape index (κ3) is 14.1. The Morgan fingerprint density at radius 3 is 1.09 bits per heavy atom. The second kappa shape index (κ2) is 27.8. The smallest absolute Gasteiger partial charge is 0.332 e. The molecule has 6 saturated heterocycles. The number of hydrogen-bond donors (Lipinski definition) is 0. The largest absolute Gasteiger partial charge is 0.419 e. The molecule has 0 saturated carbocycles. The molecular formula is C75H65F11N10O3. The molecule has 9 atom stereocenters. The number of nitrogens with zero attached hydrogens (tertiary/aromatic N) is 10. The highest BCUT2D eigenvalue weighted by atomic mass is 19.4. The Kier molecular flexibility index (Phi) is 19.0. The Labute approximate surface area is 562 Å². The Bertz CT molecular complexity index is 3940. The number of halogens is 11. The van der Waals surface area contributed by atoms with Crippen molar-refractivity contribution in [1.82, 2.24) is 49.6 Å². The van der Waals surface area contributed by atoms with Gasteiger partial charge in [0.1, 0.15) is 17.5 Å². The molecule has 6 aromatic heterocycles. The van der Waals surface area contributed by atoms with E-state index < -0.39 is 46.9 Å². The predicted molar refractivity (Wildman–Crippen MR) is 344 cm³/mol. The van der Waals surface area contributed by atoms with Gasteiger partial charge in [0.2, 0.25) is 0 Å². The fraction of sp³-hybridized carbons (Fsp3) is 0.333. The van der Waals surface area contributed by atoms with Crippen LogP contribution < -0.4 is 0 Å². The molecule has 0 aliphatic carbocycles. The molecule has 99 heavy (non-hydrogen) atoms. The van der Waals surface area contributed by atoms with Crippen molar-refractivity contribution in [3.8, 4) is 33.8 Å². The fourth-order valence-electron chi connectivity index (χ4n) is 15.8. The van der Waals surface area contributed by atoms with Crippen molar-refractivity contribution in [2.75, 3.05) is 0 Å². The van der Waals surface area contributed by atoms with Crippen LogP contribution in [0.15, 0.2) is 177 Å². The maximum atomic E-state index is 14.8. The maximum Gasteiger partial charge on any atom is 0.419 e. The summed E-state index contributed by atoms with van der Waals surface area (Å²) in [5, 5.41) is 0. The number of carbonyl (C=O) groups excluding carboxylic acids is 3. The van der Waals surface area contributed by atoms with Crippen molar-refractivity contribution >= 4 is 17.7 Å². The van der Waals surface area contributed by atoms with Crippen molar-refractivity contribution in [2.45, 2.75) is 139 Å². The summed E-state index contributed by atoms with van der Waals surface area (Å²) in [6.07, 6.45) is 3.86. The number of benzene rings is 3. The standard InChI is InChI=1S/C26H24F3N3O.C25H21F4N3O.C24H20F4N4O/c1-16-5-4-6-21(24(16)22-7-2-3-12-30-22)25(33)32-20-10-11-23(32)17(14-20)13-19-9-8-18(15-31-19)26(27,28)29;26-20-5-3-4-19(23(20)21-6-1-2-11-30-21)24(33)32-18-9-10-22(32)15(13-18)12-17-8-7-16(14-31-17)25(27,28)29;25-18-5-3-4-17(22(18)19-6-1-2-9-29-19)23(33)32-16-7-8-20(32)14(10-16)11-21-30-12-15(13-31-21)24(26,27)28/h2-9,12,15,17,20,23H,10-11,13-14H2,1H3;1-8,11,14-15,18,22H,9-10,12-13H2;1-6,9,12-14,16,20H,7-8,10-11H2. The van der Waals surface area contributed by atoms with Gasteiger partial charge in [-0.15, -0.1) is 0 Å². The van der Waals surface area contributed by atoms with Crippen molar-refractivity contribution in [1.29, 1.82) is 0 Å². The lowest BCUT2D eigenvalue weighted by Gasteiger charge is -2.26. The van der Waals surface area contributed by atoms with Gasteiger partial charge in [-0.3, -0.25) is 39.3 Å². The lowest BCUT2D eigenvalue weighted by Crippen LogP contribution is -2.37. The Morgan fingerprint density at radius 1 is 0.384 bits per heavy atom. The summed E-state index contributed by atoms with van der Waals surface area (Å²) in [5.41, 5.74) is 3.79. The van der Waals surface area contributed by atoms with Gasteiger partial charge in [-0.05, 0) is 192 Å². The van der Waals surface area contributed by atoms with Crippen LogP contribution in [0.2, 0.25) is 0 Å². The molecule has 9 unspecified atom stereocenters. The van der Waals surface area contributed by atoms with Gasteiger partial charge in [0.25, 0.3) is 17.7 Å². The van der Waals surface area contributed by atoms with E-state index in [2.05, 4.69) is 34.9 Å². The Hall–Kier alpha value is -9.87. The second-order valence-corrected chi connectivity index (χ2v) is 26.1. The summed E-state index contributed by atoms with van der Waals surface area (Å²) in [6.45, 7) is 1.98. The first-order chi connectivity index (χ1) is 47.5. The zero-order valence-corrected chi connectivity index (χ0v) is 53.3. The third-order valence-corrected chi connectivity index (χ3v) is 20.2. The summed E-state index contributed by atoms with van der Waals surface area (Å²) < 4.78 is 145. The minimum Gasteiger partial charge on any atom is -0.332 e. The van der Waals surface area contributed by atoms with Gasteiger partial charge >= 0.3 is 18.5 Å². The van der Waals surface area contributed by atoms with Crippen LogP contribution in [0.3, 0.4) is 0 Å². The SMILES string of the molecule is Cc1cccc(C(=O)N2C3CCC2C(Cc2ccc(C(F)(F)F)cn2)C3)c1-c1ccccn1.O=C(c1cccc(F)c1-c1ccccn1)N1C2CCC1C(Cc1ccc(C(F)(F)F)cn1)C2.O=C(c1cccc(F)c1-c1ccccn1)N1C2CCC1C(Cc1ncc(C(F)(F)F)cn1)C2. The van der Waals surface area contributed by atoms with Gasteiger partial charge in [0, 0.05) is 120 Å². The van der Waals surface area contributed by atoms with Crippen LogP contribution >= 0.6 is 0 Å². The lowest BCUT2D eigenvalue weighted by atomic mass is 9.86. The minimum absolute atomic E-state index is 0.00167. The van der Waals surface area contributed by atoms with Crippen LogP contribution in [0, 0.1) is 36.3 Å². The van der Waals surface area contributed by atoms with Crippen LogP contribution in [-0.2, 0) is 37.8 Å². The predicted octanol–water partition coefficient (Wildman–Crippen LogP) is 16.2. The van der Waals surface area contributed by atoms with Crippen LogP contribution in [-0.4, -0.2) is 104 Å². The molecule has 9 aromatic rings. The molecule has 3 amide bonds. The molecule has 6 aliphatic heterocycles. The number of amides is 3. The molecular weight excluding hydrogens is 1300 g/mol. The van der Waals surface area contributed by atoms with Gasteiger partial charge in [-0.2, -0.15) is 39.5 Å². The molecule has 0 radical (unpaired) electrons. The molecule has 12 heterocycles. The summed E-state index contributed by atoms with van der Waals surface area (Å²) in [4.78, 5) is 75.4. The van der Waals surface area contributed by atoms with Gasteiger partial charge in [-0.1, -0.05) is 42.5 Å². The first-order valence-electron chi connectivity index (χ1n) is 32.8.